The number of piperidine rings is 1. The van der Waals surface area contributed by atoms with Gasteiger partial charge in [0.2, 0.25) is 0 Å². The number of fused-ring (bicyclic) bond motifs is 1. The smallest absolute Gasteiger partial charge is 0.259 e. The van der Waals surface area contributed by atoms with Gasteiger partial charge in [0.05, 0.1) is 17.7 Å². The van der Waals surface area contributed by atoms with Crippen molar-refractivity contribution < 1.29 is 9.59 Å². The molecule has 0 radical (unpaired) electrons. The molecule has 2 amide bonds. The molecule has 5 nitrogen and oxygen atoms in total. The van der Waals surface area contributed by atoms with E-state index in [0.717, 1.165) is 17.8 Å². The lowest BCUT2D eigenvalue weighted by atomic mass is 10.0. The van der Waals surface area contributed by atoms with Crippen LogP contribution in [0.5, 0.6) is 0 Å². The van der Waals surface area contributed by atoms with Crippen LogP contribution in [0.15, 0.2) is 42.5 Å². The SMILES string of the molecule is CNC(=O)c1cccc2c1C(=O)N(c1ccc(CN3CCCCC3)cc1)C2. The molecule has 5 heteroatoms. The van der Waals surface area contributed by atoms with Crippen molar-refractivity contribution in [3.63, 3.8) is 0 Å². The number of carbonyl (C=O) groups is 2. The molecule has 4 rings (SSSR count). The number of rotatable bonds is 4. The molecule has 0 atom stereocenters. The summed E-state index contributed by atoms with van der Waals surface area (Å²) in [6.45, 7) is 3.81. The van der Waals surface area contributed by atoms with E-state index in [2.05, 4.69) is 22.3 Å². The third kappa shape index (κ3) is 3.47. The predicted molar refractivity (Wildman–Crippen MR) is 106 cm³/mol. The number of nitrogens with one attached hydrogen (secondary N) is 1. The van der Waals surface area contributed by atoms with Crippen LogP contribution in [0.3, 0.4) is 0 Å². The lowest BCUT2D eigenvalue weighted by Crippen LogP contribution is -2.29. The largest absolute Gasteiger partial charge is 0.355 e. The second-order valence-corrected chi connectivity index (χ2v) is 7.31. The average molecular weight is 363 g/mol. The molecule has 27 heavy (non-hydrogen) atoms. The van der Waals surface area contributed by atoms with Gasteiger partial charge in [-0.1, -0.05) is 30.7 Å². The molecule has 2 heterocycles. The number of benzene rings is 2. The fourth-order valence-corrected chi connectivity index (χ4v) is 4.05. The summed E-state index contributed by atoms with van der Waals surface area (Å²) in [6.07, 6.45) is 3.91. The van der Waals surface area contributed by atoms with Crippen molar-refractivity contribution >= 4 is 17.5 Å². The van der Waals surface area contributed by atoms with E-state index in [-0.39, 0.29) is 11.8 Å². The van der Waals surface area contributed by atoms with Gasteiger partial charge in [0, 0.05) is 19.3 Å². The van der Waals surface area contributed by atoms with Crippen molar-refractivity contribution in [2.45, 2.75) is 32.4 Å². The first kappa shape index (κ1) is 17.7. The standard InChI is InChI=1S/C22H25N3O2/c1-23-21(26)19-7-5-6-17-15-25(22(27)20(17)19)18-10-8-16(9-11-18)14-24-12-3-2-4-13-24/h5-11H,2-4,12-15H2,1H3,(H,23,26). The molecule has 0 bridgehead atoms. The van der Waals surface area contributed by atoms with Crippen LogP contribution in [-0.2, 0) is 13.1 Å². The Morgan fingerprint density at radius 1 is 1.04 bits per heavy atom. The van der Waals surface area contributed by atoms with Gasteiger partial charge >= 0.3 is 0 Å². The lowest BCUT2D eigenvalue weighted by molar-refractivity contribution is 0.0944. The summed E-state index contributed by atoms with van der Waals surface area (Å²) in [5.41, 5.74) is 4.02. The van der Waals surface area contributed by atoms with Crippen molar-refractivity contribution in [3.8, 4) is 0 Å². The summed E-state index contributed by atoms with van der Waals surface area (Å²) in [7, 11) is 1.58. The van der Waals surface area contributed by atoms with Gasteiger partial charge in [-0.25, -0.2) is 0 Å². The Labute approximate surface area is 160 Å². The number of amides is 2. The molecule has 2 aliphatic heterocycles. The van der Waals surface area contributed by atoms with Crippen LogP contribution >= 0.6 is 0 Å². The van der Waals surface area contributed by atoms with Gasteiger partial charge < -0.3 is 10.2 Å². The number of nitrogens with zero attached hydrogens (tertiary/aromatic N) is 2. The maximum Gasteiger partial charge on any atom is 0.259 e. The summed E-state index contributed by atoms with van der Waals surface area (Å²) in [5, 5.41) is 2.62. The maximum absolute atomic E-state index is 13.0. The van der Waals surface area contributed by atoms with Gasteiger partial charge in [0.25, 0.3) is 11.8 Å². The third-order valence-corrected chi connectivity index (χ3v) is 5.51. The molecular weight excluding hydrogens is 338 g/mol. The van der Waals surface area contributed by atoms with Crippen LogP contribution in [0, 0.1) is 0 Å². The number of hydrogen-bond donors (Lipinski definition) is 1. The molecule has 2 aromatic rings. The number of hydrogen-bond acceptors (Lipinski definition) is 3. The zero-order valence-electron chi connectivity index (χ0n) is 15.7. The average Bonchev–Trinajstić information content (AvgIpc) is 3.05. The van der Waals surface area contributed by atoms with Gasteiger partial charge in [0.1, 0.15) is 0 Å². The van der Waals surface area contributed by atoms with Crippen LogP contribution < -0.4 is 10.2 Å². The van der Waals surface area contributed by atoms with Gasteiger partial charge in [-0.15, -0.1) is 0 Å². The summed E-state index contributed by atoms with van der Waals surface area (Å²) >= 11 is 0. The van der Waals surface area contributed by atoms with Gasteiger partial charge in [-0.05, 0) is 55.3 Å². The fourth-order valence-electron chi connectivity index (χ4n) is 4.05. The monoisotopic (exact) mass is 363 g/mol. The van der Waals surface area contributed by atoms with Crippen molar-refractivity contribution in [1.29, 1.82) is 0 Å². The molecular formula is C22H25N3O2. The maximum atomic E-state index is 13.0. The van der Waals surface area contributed by atoms with E-state index in [1.165, 1.54) is 37.9 Å². The van der Waals surface area contributed by atoms with E-state index in [4.69, 9.17) is 0 Å². The van der Waals surface area contributed by atoms with Gasteiger partial charge in [-0.2, -0.15) is 0 Å². The minimum Gasteiger partial charge on any atom is -0.355 e. The highest BCUT2D eigenvalue weighted by atomic mass is 16.2. The van der Waals surface area contributed by atoms with E-state index in [1.807, 2.05) is 24.3 Å². The molecule has 1 fully saturated rings. The van der Waals surface area contributed by atoms with E-state index in [0.29, 0.717) is 17.7 Å². The van der Waals surface area contributed by atoms with Gasteiger partial charge in [0.15, 0.2) is 0 Å². The van der Waals surface area contributed by atoms with Crippen LogP contribution in [0.2, 0.25) is 0 Å². The summed E-state index contributed by atoms with van der Waals surface area (Å²) in [4.78, 5) is 29.3. The van der Waals surface area contributed by atoms with Crippen molar-refractivity contribution in [2.24, 2.45) is 0 Å². The van der Waals surface area contributed by atoms with E-state index in [9.17, 15) is 9.59 Å². The predicted octanol–water partition coefficient (Wildman–Crippen LogP) is 3.19. The molecule has 0 unspecified atom stereocenters. The Kier molecular flexibility index (Phi) is 4.94. The van der Waals surface area contributed by atoms with E-state index in [1.54, 1.807) is 18.0 Å². The topological polar surface area (TPSA) is 52.7 Å². The van der Waals surface area contributed by atoms with E-state index >= 15 is 0 Å². The zero-order chi connectivity index (χ0) is 18.8. The molecule has 1 N–H and O–H groups in total. The highest BCUT2D eigenvalue weighted by molar-refractivity contribution is 6.16. The summed E-state index contributed by atoms with van der Waals surface area (Å²) < 4.78 is 0. The Morgan fingerprint density at radius 2 is 1.78 bits per heavy atom. The number of anilines is 1. The Balaban J connectivity index is 1.52. The van der Waals surface area contributed by atoms with Crippen molar-refractivity contribution in [3.05, 3.63) is 64.7 Å². The second kappa shape index (κ2) is 7.53. The molecule has 2 aliphatic rings. The highest BCUT2D eigenvalue weighted by Crippen LogP contribution is 2.30. The zero-order valence-corrected chi connectivity index (χ0v) is 15.7. The van der Waals surface area contributed by atoms with Crippen LogP contribution in [0.1, 0.15) is 51.1 Å². The second-order valence-electron chi connectivity index (χ2n) is 7.31. The quantitative estimate of drug-likeness (QED) is 0.908. The van der Waals surface area contributed by atoms with Gasteiger partial charge in [-0.3, -0.25) is 14.5 Å². The van der Waals surface area contributed by atoms with Crippen molar-refractivity contribution in [2.75, 3.05) is 25.0 Å². The Hall–Kier alpha value is -2.66. The molecule has 140 valence electrons. The fraction of sp³-hybridized carbons (Fsp3) is 0.364. The molecule has 0 aliphatic carbocycles. The first-order valence-electron chi connectivity index (χ1n) is 9.64. The van der Waals surface area contributed by atoms with E-state index < -0.39 is 0 Å². The number of likely N-dealkylation sites (tertiary alicyclic amines) is 1. The van der Waals surface area contributed by atoms with Crippen LogP contribution in [0.4, 0.5) is 5.69 Å². The molecule has 0 spiro atoms. The normalized spacial score (nSPS) is 17.1. The summed E-state index contributed by atoms with van der Waals surface area (Å²) in [5.74, 6) is -0.327. The molecule has 1 saturated heterocycles. The molecule has 2 aromatic carbocycles. The molecule has 0 saturated carbocycles. The van der Waals surface area contributed by atoms with Crippen LogP contribution in [-0.4, -0.2) is 36.9 Å². The minimum absolute atomic E-state index is 0.104. The highest BCUT2D eigenvalue weighted by Gasteiger charge is 2.32. The lowest BCUT2D eigenvalue weighted by Gasteiger charge is -2.26. The third-order valence-electron chi connectivity index (χ3n) is 5.51. The Morgan fingerprint density at radius 3 is 2.48 bits per heavy atom. The number of carbonyl (C=O) groups excluding carboxylic acids is 2. The first-order valence-corrected chi connectivity index (χ1v) is 9.64. The molecule has 0 aromatic heterocycles. The first-order chi connectivity index (χ1) is 13.2. The summed E-state index contributed by atoms with van der Waals surface area (Å²) in [6, 6.07) is 13.7. The Bertz CT molecular complexity index is 854. The minimum atomic E-state index is -0.223. The van der Waals surface area contributed by atoms with Crippen molar-refractivity contribution in [1.82, 2.24) is 10.2 Å². The van der Waals surface area contributed by atoms with Crippen LogP contribution in [0.25, 0.3) is 0 Å².